The van der Waals surface area contributed by atoms with Gasteiger partial charge in [0.05, 0.1) is 37.2 Å². The van der Waals surface area contributed by atoms with Gasteiger partial charge in [0.15, 0.2) is 0 Å². The van der Waals surface area contributed by atoms with Gasteiger partial charge in [-0.25, -0.2) is 4.39 Å². The summed E-state index contributed by atoms with van der Waals surface area (Å²) < 4.78 is 15.5. The molecule has 0 radical (unpaired) electrons. The Labute approximate surface area is 307 Å². The fourth-order valence-electron chi connectivity index (χ4n) is 6.24. The average molecular weight is 735 g/mol. The van der Waals surface area contributed by atoms with Crippen LogP contribution in [0.3, 0.4) is 0 Å². The molecule has 0 spiro atoms. The second kappa shape index (κ2) is 13.4. The molecule has 260 valence electrons. The van der Waals surface area contributed by atoms with Crippen LogP contribution < -0.4 is 0 Å². The maximum Gasteiger partial charge on any atom is 0.261 e. The van der Waals surface area contributed by atoms with Crippen LogP contribution in [0.5, 0.6) is 0 Å². The lowest BCUT2D eigenvalue weighted by Crippen LogP contribution is -2.33. The fraction of sp³-hybridized carbons (Fsp3) is 0.450. The smallest absolute Gasteiger partial charge is 0.261 e. The molecule has 9 heteroatoms. The highest BCUT2D eigenvalue weighted by Crippen LogP contribution is 2.51. The van der Waals surface area contributed by atoms with Gasteiger partial charge in [0.2, 0.25) is 0 Å². The van der Waals surface area contributed by atoms with Crippen molar-refractivity contribution in [2.24, 2.45) is 11.8 Å². The van der Waals surface area contributed by atoms with Crippen molar-refractivity contribution in [3.05, 3.63) is 78.9 Å². The number of fused-ring (bicyclic) bond motifs is 1. The first kappa shape index (κ1) is 36.0. The Bertz CT molecular complexity index is 1980. The van der Waals surface area contributed by atoms with Gasteiger partial charge in [-0.2, -0.15) is 0 Å². The van der Waals surface area contributed by atoms with E-state index in [4.69, 9.17) is 0 Å². The largest absolute Gasteiger partial charge is 0.306 e. The second-order valence-electron chi connectivity index (χ2n) is 15.3. The third-order valence-corrected chi connectivity index (χ3v) is 15.3. The molecule has 0 unspecified atom stereocenters. The molecule has 0 aliphatic carbocycles. The van der Waals surface area contributed by atoms with Crippen molar-refractivity contribution in [3.63, 3.8) is 0 Å². The molecule has 0 N–H and O–H groups in total. The summed E-state index contributed by atoms with van der Waals surface area (Å²) in [5.41, 5.74) is 2.50. The predicted octanol–water partition coefficient (Wildman–Crippen LogP) is 11.9. The SMILES string of the molecule is CCC(C)(C)c1ccc(C2=C3C(=O)N(CC(C)C)C(c4ccc(-c5cc(F)c(-c6ccc(C(C)(C)CC)s6)s5)s4)=C3C(=O)N2CC(C)C)s1. The fourth-order valence-corrected chi connectivity index (χ4v) is 11.0. The van der Waals surface area contributed by atoms with E-state index >= 15 is 4.39 Å². The highest BCUT2D eigenvalue weighted by Gasteiger charge is 2.49. The van der Waals surface area contributed by atoms with Crippen LogP contribution in [-0.4, -0.2) is 34.7 Å². The van der Waals surface area contributed by atoms with Crippen LogP contribution in [0.15, 0.2) is 53.6 Å². The number of halogens is 1. The van der Waals surface area contributed by atoms with Crippen LogP contribution in [0.4, 0.5) is 4.39 Å². The van der Waals surface area contributed by atoms with Crippen LogP contribution in [0.25, 0.3) is 30.9 Å². The van der Waals surface area contributed by atoms with Crippen molar-refractivity contribution in [1.82, 2.24) is 9.80 Å². The lowest BCUT2D eigenvalue weighted by atomic mass is 9.89. The number of nitrogens with zero attached hydrogens (tertiary/aromatic N) is 2. The van der Waals surface area contributed by atoms with Crippen LogP contribution in [-0.2, 0) is 20.4 Å². The van der Waals surface area contributed by atoms with Crippen LogP contribution in [0.1, 0.15) is 102 Å². The molecule has 0 fully saturated rings. The molecule has 2 aliphatic heterocycles. The molecule has 4 aromatic rings. The summed E-state index contributed by atoms with van der Waals surface area (Å²) in [6.45, 7) is 22.7. The first-order chi connectivity index (χ1) is 23.1. The number of rotatable bonds is 12. The van der Waals surface area contributed by atoms with E-state index in [2.05, 4.69) is 87.4 Å². The molecule has 4 nitrogen and oxygen atoms in total. The molecule has 49 heavy (non-hydrogen) atoms. The first-order valence-electron chi connectivity index (χ1n) is 17.3. The molecule has 0 aromatic carbocycles. The van der Waals surface area contributed by atoms with E-state index in [1.54, 1.807) is 28.7 Å². The number of hydrogen-bond donors (Lipinski definition) is 0. The van der Waals surface area contributed by atoms with Crippen LogP contribution in [0, 0.1) is 17.7 Å². The van der Waals surface area contributed by atoms with Gasteiger partial charge in [-0.05, 0) is 78.0 Å². The zero-order chi connectivity index (χ0) is 35.6. The van der Waals surface area contributed by atoms with Crippen molar-refractivity contribution in [3.8, 4) is 19.5 Å². The molecule has 0 saturated heterocycles. The third-order valence-electron chi connectivity index (χ3n) is 9.82. The van der Waals surface area contributed by atoms with E-state index in [-0.39, 0.29) is 40.3 Å². The molecule has 2 aliphatic rings. The first-order valence-corrected chi connectivity index (χ1v) is 20.6. The highest BCUT2D eigenvalue weighted by atomic mass is 32.1. The second-order valence-corrected chi connectivity index (χ2v) is 19.6. The Morgan fingerprint density at radius 2 is 1.04 bits per heavy atom. The van der Waals surface area contributed by atoms with E-state index in [0.717, 1.165) is 42.9 Å². The van der Waals surface area contributed by atoms with Crippen molar-refractivity contribution in [1.29, 1.82) is 0 Å². The summed E-state index contributed by atoms with van der Waals surface area (Å²) >= 11 is 6.34. The molecule has 6 heterocycles. The van der Waals surface area contributed by atoms with Gasteiger partial charge in [-0.1, -0.05) is 69.2 Å². The normalized spacial score (nSPS) is 15.8. The summed E-state index contributed by atoms with van der Waals surface area (Å²) in [5.74, 6) is -0.0185. The average Bonchev–Trinajstić information content (AvgIpc) is 3.88. The lowest BCUT2D eigenvalue weighted by molar-refractivity contribution is -0.124. The highest BCUT2D eigenvalue weighted by molar-refractivity contribution is 7.26. The Balaban J connectivity index is 1.46. The van der Waals surface area contributed by atoms with Crippen LogP contribution >= 0.6 is 45.3 Å². The van der Waals surface area contributed by atoms with Gasteiger partial charge in [0.25, 0.3) is 11.8 Å². The Hall–Kier alpha value is -2.85. The van der Waals surface area contributed by atoms with Gasteiger partial charge in [0, 0.05) is 37.5 Å². The molecule has 0 saturated carbocycles. The van der Waals surface area contributed by atoms with Crippen molar-refractivity contribution in [2.75, 3.05) is 13.1 Å². The maximum absolute atomic E-state index is 15.5. The zero-order valence-corrected chi connectivity index (χ0v) is 33.5. The molecule has 0 bridgehead atoms. The van der Waals surface area contributed by atoms with Crippen molar-refractivity contribution >= 4 is 68.6 Å². The molecule has 0 atom stereocenters. The number of carbonyl (C=O) groups is 2. The van der Waals surface area contributed by atoms with E-state index in [1.165, 1.54) is 32.4 Å². The third kappa shape index (κ3) is 6.45. The van der Waals surface area contributed by atoms with Crippen molar-refractivity contribution in [2.45, 2.75) is 92.9 Å². The number of amides is 2. The van der Waals surface area contributed by atoms with Crippen molar-refractivity contribution < 1.29 is 14.0 Å². The van der Waals surface area contributed by atoms with E-state index < -0.39 is 0 Å². The summed E-state index contributed by atoms with van der Waals surface area (Å²) in [4.78, 5) is 40.4. The standard InChI is InChI=1S/C40H47FN2O2S4/c1-11-39(7,8)30-17-15-27(47-30)35-33-32(37(44)43(35)21-23(5)6)34(42(38(33)45)20-22(3)4)26-14-13-25(46-26)29-19-24(41)36(49-29)28-16-18-31(48-28)40(9,10)12-2/h13-19,22-23H,11-12,20-21H2,1-10H3. The number of carbonyl (C=O) groups excluding carboxylic acids is 2. The summed E-state index contributed by atoms with van der Waals surface area (Å²) in [7, 11) is 0. The summed E-state index contributed by atoms with van der Waals surface area (Å²) in [5, 5.41) is 0. The number of hydrogen-bond acceptors (Lipinski definition) is 6. The van der Waals surface area contributed by atoms with Gasteiger partial charge in [-0.3, -0.25) is 9.59 Å². The molecular formula is C40H47FN2O2S4. The topological polar surface area (TPSA) is 40.6 Å². The Morgan fingerprint density at radius 1 is 0.612 bits per heavy atom. The van der Waals surface area contributed by atoms with Gasteiger partial charge < -0.3 is 9.80 Å². The van der Waals surface area contributed by atoms with Crippen LogP contribution in [0.2, 0.25) is 0 Å². The minimum Gasteiger partial charge on any atom is -0.306 e. The van der Waals surface area contributed by atoms with E-state index in [1.807, 2.05) is 28.0 Å². The summed E-state index contributed by atoms with van der Waals surface area (Å²) in [6.07, 6.45) is 2.00. The molecular weight excluding hydrogens is 688 g/mol. The predicted molar refractivity (Wildman–Crippen MR) is 209 cm³/mol. The quantitative estimate of drug-likeness (QED) is 0.145. The monoisotopic (exact) mass is 734 g/mol. The molecule has 6 rings (SSSR count). The summed E-state index contributed by atoms with van der Waals surface area (Å²) in [6, 6.07) is 14.1. The maximum atomic E-state index is 15.5. The minimum absolute atomic E-state index is 0.000779. The molecule has 2 amide bonds. The number of thiophene rings is 4. The molecule has 4 aromatic heterocycles. The van der Waals surface area contributed by atoms with Gasteiger partial charge in [0.1, 0.15) is 5.82 Å². The van der Waals surface area contributed by atoms with E-state index in [9.17, 15) is 9.59 Å². The minimum atomic E-state index is -0.219. The van der Waals surface area contributed by atoms with E-state index in [0.29, 0.717) is 34.8 Å². The van der Waals surface area contributed by atoms with Gasteiger partial charge in [-0.15, -0.1) is 45.3 Å². The zero-order valence-electron chi connectivity index (χ0n) is 30.2. The lowest BCUT2D eigenvalue weighted by Gasteiger charge is -2.26. The Morgan fingerprint density at radius 3 is 1.53 bits per heavy atom. The van der Waals surface area contributed by atoms with Gasteiger partial charge >= 0.3 is 0 Å². The Kier molecular flexibility index (Phi) is 9.81.